The predicted molar refractivity (Wildman–Crippen MR) is 93.2 cm³/mol. The summed E-state index contributed by atoms with van der Waals surface area (Å²) in [6, 6.07) is 7.39. The molecule has 0 saturated heterocycles. The maximum absolute atomic E-state index is 11.2. The first-order valence-corrected chi connectivity index (χ1v) is 8.32. The minimum absolute atomic E-state index is 0.264. The number of hydrogen-bond donors (Lipinski definition) is 2. The topological polar surface area (TPSA) is 107 Å². The average molecular weight is 364 g/mol. The molecule has 0 aliphatic carbocycles. The van der Waals surface area contributed by atoms with Crippen LogP contribution in [0.5, 0.6) is 0 Å². The van der Waals surface area contributed by atoms with E-state index < -0.39 is 11.2 Å². The van der Waals surface area contributed by atoms with E-state index in [-0.39, 0.29) is 5.82 Å². The quantitative estimate of drug-likeness (QED) is 0.671. The Bertz CT molecular complexity index is 897. The third-order valence-corrected chi connectivity index (χ3v) is 4.74. The molecule has 0 fully saturated rings. The Labute approximate surface area is 146 Å². The zero-order valence-corrected chi connectivity index (χ0v) is 14.3. The van der Waals surface area contributed by atoms with Gasteiger partial charge in [-0.15, -0.1) is 0 Å². The number of fused-ring (bicyclic) bond motifs is 1. The molecule has 0 radical (unpaired) electrons. The van der Waals surface area contributed by atoms with Gasteiger partial charge < -0.3 is 10.8 Å². The standard InChI is InChI=1S/C15H14ClN5O2S/c1-8(14(22)23)24-15-20-11-12(17)18-7-19-13(11)21(15)6-9-2-4-10(16)5-3-9/h2-5,7-8H,6H2,1H3,(H,22,23)(H2,17,18,19). The number of aliphatic carboxylic acids is 1. The largest absolute Gasteiger partial charge is 0.480 e. The minimum Gasteiger partial charge on any atom is -0.480 e. The van der Waals surface area contributed by atoms with E-state index >= 15 is 0 Å². The number of thioether (sulfide) groups is 1. The van der Waals surface area contributed by atoms with Crippen molar-refractivity contribution in [3.8, 4) is 0 Å². The van der Waals surface area contributed by atoms with E-state index in [1.165, 1.54) is 6.33 Å². The molecule has 0 saturated carbocycles. The zero-order chi connectivity index (χ0) is 17.3. The molecular formula is C15H14ClN5O2S. The lowest BCUT2D eigenvalue weighted by Gasteiger charge is -2.10. The minimum atomic E-state index is -0.913. The SMILES string of the molecule is CC(Sc1nc2c(N)ncnc2n1Cc1ccc(Cl)cc1)C(=O)O. The van der Waals surface area contributed by atoms with Crippen molar-refractivity contribution in [1.29, 1.82) is 0 Å². The number of aromatic nitrogens is 4. The molecule has 2 aromatic heterocycles. The fourth-order valence-corrected chi connectivity index (χ4v) is 3.11. The van der Waals surface area contributed by atoms with Crippen molar-refractivity contribution in [2.75, 3.05) is 5.73 Å². The Morgan fingerprint density at radius 1 is 1.38 bits per heavy atom. The summed E-state index contributed by atoms with van der Waals surface area (Å²) in [5.74, 6) is -0.649. The van der Waals surface area contributed by atoms with Gasteiger partial charge in [0.25, 0.3) is 0 Å². The molecule has 0 aliphatic heterocycles. The summed E-state index contributed by atoms with van der Waals surface area (Å²) in [7, 11) is 0. The second-order valence-electron chi connectivity index (χ2n) is 5.14. The van der Waals surface area contributed by atoms with Crippen LogP contribution in [0.4, 0.5) is 5.82 Å². The van der Waals surface area contributed by atoms with Crippen molar-refractivity contribution in [3.05, 3.63) is 41.2 Å². The molecule has 3 N–H and O–H groups in total. The molecule has 3 rings (SSSR count). The highest BCUT2D eigenvalue weighted by atomic mass is 35.5. The van der Waals surface area contributed by atoms with Crippen LogP contribution in [0.1, 0.15) is 12.5 Å². The van der Waals surface area contributed by atoms with Crippen molar-refractivity contribution >= 4 is 46.3 Å². The summed E-state index contributed by atoms with van der Waals surface area (Å²) >= 11 is 7.06. The van der Waals surface area contributed by atoms with Gasteiger partial charge in [0.2, 0.25) is 0 Å². The number of carboxylic acid groups (broad SMARTS) is 1. The summed E-state index contributed by atoms with van der Waals surface area (Å²) in [4.78, 5) is 23.8. The summed E-state index contributed by atoms with van der Waals surface area (Å²) in [5, 5.41) is 9.68. The predicted octanol–water partition coefficient (Wildman–Crippen LogP) is 2.68. The molecule has 7 nitrogen and oxygen atoms in total. The number of hydrogen-bond acceptors (Lipinski definition) is 6. The van der Waals surface area contributed by atoms with E-state index in [0.717, 1.165) is 17.3 Å². The van der Waals surface area contributed by atoms with Gasteiger partial charge in [0.15, 0.2) is 22.1 Å². The molecule has 1 atom stereocenters. The van der Waals surface area contributed by atoms with Crippen LogP contribution in [0.2, 0.25) is 5.02 Å². The lowest BCUT2D eigenvalue weighted by molar-refractivity contribution is -0.136. The molecule has 0 bridgehead atoms. The Balaban J connectivity index is 2.06. The number of anilines is 1. The zero-order valence-electron chi connectivity index (χ0n) is 12.7. The van der Waals surface area contributed by atoms with Crippen LogP contribution in [0.15, 0.2) is 35.7 Å². The summed E-state index contributed by atoms with van der Waals surface area (Å²) in [6.07, 6.45) is 1.37. The van der Waals surface area contributed by atoms with Gasteiger partial charge >= 0.3 is 5.97 Å². The van der Waals surface area contributed by atoms with E-state index in [9.17, 15) is 4.79 Å². The third-order valence-electron chi connectivity index (χ3n) is 3.41. The number of carbonyl (C=O) groups is 1. The summed E-state index contributed by atoms with van der Waals surface area (Å²) in [6.45, 7) is 2.08. The van der Waals surface area contributed by atoms with Gasteiger partial charge in [0.1, 0.15) is 11.6 Å². The highest BCUT2D eigenvalue weighted by Crippen LogP contribution is 2.29. The molecule has 24 heavy (non-hydrogen) atoms. The van der Waals surface area contributed by atoms with Crippen LogP contribution >= 0.6 is 23.4 Å². The molecule has 2 heterocycles. The Hall–Kier alpha value is -2.32. The summed E-state index contributed by atoms with van der Waals surface area (Å²) in [5.41, 5.74) is 7.89. The van der Waals surface area contributed by atoms with Gasteiger partial charge in [-0.25, -0.2) is 15.0 Å². The average Bonchev–Trinajstić information content (AvgIpc) is 2.89. The molecule has 9 heteroatoms. The van der Waals surface area contributed by atoms with Gasteiger partial charge in [0.05, 0.1) is 6.54 Å². The monoisotopic (exact) mass is 363 g/mol. The fourth-order valence-electron chi connectivity index (χ4n) is 2.15. The van der Waals surface area contributed by atoms with E-state index in [1.807, 2.05) is 16.7 Å². The normalized spacial score (nSPS) is 12.4. The number of carboxylic acids is 1. The lowest BCUT2D eigenvalue weighted by atomic mass is 10.2. The van der Waals surface area contributed by atoms with Gasteiger partial charge in [-0.2, -0.15) is 0 Å². The first-order chi connectivity index (χ1) is 11.5. The molecule has 124 valence electrons. The smallest absolute Gasteiger partial charge is 0.316 e. The van der Waals surface area contributed by atoms with Crippen LogP contribution in [0.25, 0.3) is 11.2 Å². The Morgan fingerprint density at radius 3 is 2.75 bits per heavy atom. The van der Waals surface area contributed by atoms with Gasteiger partial charge in [-0.05, 0) is 24.6 Å². The first kappa shape index (κ1) is 16.5. The number of imidazole rings is 1. The van der Waals surface area contributed by atoms with Crippen molar-refractivity contribution in [3.63, 3.8) is 0 Å². The highest BCUT2D eigenvalue weighted by Gasteiger charge is 2.20. The number of nitrogens with zero attached hydrogens (tertiary/aromatic N) is 4. The third kappa shape index (κ3) is 3.29. The number of nitrogen functional groups attached to an aromatic ring is 1. The van der Waals surface area contributed by atoms with Crippen LogP contribution in [-0.2, 0) is 11.3 Å². The second kappa shape index (κ2) is 6.66. The molecular weight excluding hydrogens is 350 g/mol. The molecule has 0 amide bonds. The van der Waals surface area contributed by atoms with Crippen molar-refractivity contribution in [2.45, 2.75) is 23.9 Å². The molecule has 0 aliphatic rings. The summed E-state index contributed by atoms with van der Waals surface area (Å²) < 4.78 is 1.83. The number of benzene rings is 1. The fraction of sp³-hybridized carbons (Fsp3) is 0.200. The maximum Gasteiger partial charge on any atom is 0.316 e. The Kier molecular flexibility index (Phi) is 4.59. The lowest BCUT2D eigenvalue weighted by Crippen LogP contribution is -2.13. The van der Waals surface area contributed by atoms with Crippen LogP contribution in [0.3, 0.4) is 0 Å². The highest BCUT2D eigenvalue weighted by molar-refractivity contribution is 8.00. The Morgan fingerprint density at radius 2 is 2.08 bits per heavy atom. The van der Waals surface area contributed by atoms with Gasteiger partial charge in [-0.3, -0.25) is 9.36 Å². The van der Waals surface area contributed by atoms with Crippen LogP contribution in [0, 0.1) is 0 Å². The van der Waals surface area contributed by atoms with Gasteiger partial charge in [-0.1, -0.05) is 35.5 Å². The first-order valence-electron chi connectivity index (χ1n) is 7.06. The maximum atomic E-state index is 11.2. The van der Waals surface area contributed by atoms with Crippen molar-refractivity contribution in [1.82, 2.24) is 19.5 Å². The molecule has 1 unspecified atom stereocenters. The number of halogens is 1. The number of nitrogens with two attached hydrogens (primary N) is 1. The van der Waals surface area contributed by atoms with E-state index in [4.69, 9.17) is 22.4 Å². The van der Waals surface area contributed by atoms with E-state index in [1.54, 1.807) is 19.1 Å². The van der Waals surface area contributed by atoms with Crippen LogP contribution < -0.4 is 5.73 Å². The molecule has 0 spiro atoms. The van der Waals surface area contributed by atoms with E-state index in [0.29, 0.717) is 27.9 Å². The van der Waals surface area contributed by atoms with Crippen molar-refractivity contribution < 1.29 is 9.90 Å². The number of rotatable bonds is 5. The van der Waals surface area contributed by atoms with Gasteiger partial charge in [0, 0.05) is 5.02 Å². The van der Waals surface area contributed by atoms with Crippen LogP contribution in [-0.4, -0.2) is 35.8 Å². The molecule has 1 aromatic carbocycles. The van der Waals surface area contributed by atoms with E-state index in [2.05, 4.69) is 15.0 Å². The molecule has 3 aromatic rings. The van der Waals surface area contributed by atoms with Crippen molar-refractivity contribution in [2.24, 2.45) is 0 Å². The second-order valence-corrected chi connectivity index (χ2v) is 6.88.